The molecule has 0 bridgehead atoms. The number of hydrogen-bond acceptors (Lipinski definition) is 3. The minimum absolute atomic E-state index is 0.198. The summed E-state index contributed by atoms with van der Waals surface area (Å²) in [6.45, 7) is 3.14. The molecule has 1 fully saturated rings. The molecule has 1 rings (SSSR count). The van der Waals surface area contributed by atoms with Gasteiger partial charge >= 0.3 is 5.97 Å². The van der Waals surface area contributed by atoms with Gasteiger partial charge in [-0.2, -0.15) is 0 Å². The fraction of sp³-hybridized carbons (Fsp3) is 0.900. The van der Waals surface area contributed by atoms with Crippen LogP contribution in [0.5, 0.6) is 0 Å². The number of piperidine rings is 1. The third-order valence-electron chi connectivity index (χ3n) is 2.59. The van der Waals surface area contributed by atoms with Crippen LogP contribution in [0.25, 0.3) is 0 Å². The largest absolute Gasteiger partial charge is 0.480 e. The minimum Gasteiger partial charge on any atom is -0.480 e. The summed E-state index contributed by atoms with van der Waals surface area (Å²) in [5.41, 5.74) is 0. The molecule has 0 aromatic carbocycles. The van der Waals surface area contributed by atoms with Gasteiger partial charge in [-0.3, -0.25) is 9.69 Å². The summed E-state index contributed by atoms with van der Waals surface area (Å²) in [7, 11) is 4.13. The highest BCUT2D eigenvalue weighted by molar-refractivity contribution is 5.69. The average Bonchev–Trinajstić information content (AvgIpc) is 2.01. The molecule has 1 aliphatic rings. The van der Waals surface area contributed by atoms with E-state index in [1.807, 2.05) is 4.90 Å². The Morgan fingerprint density at radius 2 is 2.29 bits per heavy atom. The smallest absolute Gasteiger partial charge is 0.317 e. The van der Waals surface area contributed by atoms with E-state index in [2.05, 4.69) is 19.0 Å². The maximum absolute atomic E-state index is 10.5. The first-order valence-corrected chi connectivity index (χ1v) is 5.17. The highest BCUT2D eigenvalue weighted by Gasteiger charge is 2.21. The summed E-state index contributed by atoms with van der Waals surface area (Å²) in [5, 5.41) is 8.68. The number of carbonyl (C=O) groups is 1. The molecule has 14 heavy (non-hydrogen) atoms. The summed E-state index contributed by atoms with van der Waals surface area (Å²) in [4.78, 5) is 14.8. The van der Waals surface area contributed by atoms with Gasteiger partial charge in [-0.1, -0.05) is 0 Å². The Bertz CT molecular complexity index is 195. The van der Waals surface area contributed by atoms with Crippen LogP contribution < -0.4 is 0 Å². The van der Waals surface area contributed by atoms with Crippen molar-refractivity contribution < 1.29 is 9.90 Å². The molecule has 0 saturated carbocycles. The molecule has 1 N–H and O–H groups in total. The van der Waals surface area contributed by atoms with Crippen molar-refractivity contribution in [1.29, 1.82) is 0 Å². The lowest BCUT2D eigenvalue weighted by Crippen LogP contribution is -2.41. The van der Waals surface area contributed by atoms with E-state index in [-0.39, 0.29) is 6.54 Å². The van der Waals surface area contributed by atoms with Gasteiger partial charge in [-0.05, 0) is 39.4 Å². The molecular formula is C10H20N2O2. The SMILES string of the molecule is CN(C)C[C@H]1CCCN(CC(=O)O)C1. The molecule has 4 nitrogen and oxygen atoms in total. The topological polar surface area (TPSA) is 43.8 Å². The monoisotopic (exact) mass is 200 g/mol. The van der Waals surface area contributed by atoms with Crippen LogP contribution in [0.15, 0.2) is 0 Å². The fourth-order valence-corrected chi connectivity index (χ4v) is 2.15. The van der Waals surface area contributed by atoms with Crippen LogP contribution in [0.1, 0.15) is 12.8 Å². The summed E-state index contributed by atoms with van der Waals surface area (Å²) >= 11 is 0. The predicted octanol–water partition coefficient (Wildman–Crippen LogP) is 0.345. The zero-order valence-electron chi connectivity index (χ0n) is 9.07. The number of carboxylic acid groups (broad SMARTS) is 1. The Kier molecular flexibility index (Phi) is 4.35. The van der Waals surface area contributed by atoms with E-state index in [4.69, 9.17) is 5.11 Å². The molecule has 0 unspecified atom stereocenters. The van der Waals surface area contributed by atoms with Gasteiger partial charge in [-0.25, -0.2) is 0 Å². The molecule has 0 aromatic heterocycles. The van der Waals surface area contributed by atoms with Crippen molar-refractivity contribution in [2.45, 2.75) is 12.8 Å². The van der Waals surface area contributed by atoms with Crippen LogP contribution in [-0.4, -0.2) is 61.2 Å². The lowest BCUT2D eigenvalue weighted by Gasteiger charge is -2.32. The molecule has 0 aliphatic carbocycles. The normalized spacial score (nSPS) is 24.1. The second kappa shape index (κ2) is 5.32. The number of aliphatic carboxylic acids is 1. The Hall–Kier alpha value is -0.610. The van der Waals surface area contributed by atoms with Gasteiger partial charge in [0.2, 0.25) is 0 Å². The summed E-state index contributed by atoms with van der Waals surface area (Å²) in [6, 6.07) is 0. The summed E-state index contributed by atoms with van der Waals surface area (Å²) in [6.07, 6.45) is 2.36. The van der Waals surface area contributed by atoms with Crippen LogP contribution in [0.2, 0.25) is 0 Å². The van der Waals surface area contributed by atoms with E-state index >= 15 is 0 Å². The van der Waals surface area contributed by atoms with E-state index in [0.717, 1.165) is 26.1 Å². The van der Waals surface area contributed by atoms with E-state index in [1.165, 1.54) is 6.42 Å². The number of nitrogens with zero attached hydrogens (tertiary/aromatic N) is 2. The molecule has 0 amide bonds. The molecule has 1 atom stereocenters. The Labute approximate surface area is 85.5 Å². The van der Waals surface area contributed by atoms with Crippen LogP contribution in [0.4, 0.5) is 0 Å². The van der Waals surface area contributed by atoms with Gasteiger partial charge in [0.1, 0.15) is 0 Å². The zero-order valence-corrected chi connectivity index (χ0v) is 9.07. The first-order valence-electron chi connectivity index (χ1n) is 5.17. The average molecular weight is 200 g/mol. The predicted molar refractivity (Wildman–Crippen MR) is 55.4 cm³/mol. The van der Waals surface area contributed by atoms with Crippen molar-refractivity contribution in [2.24, 2.45) is 5.92 Å². The first-order chi connectivity index (χ1) is 6.58. The van der Waals surface area contributed by atoms with Gasteiger partial charge in [0.25, 0.3) is 0 Å². The van der Waals surface area contributed by atoms with Gasteiger partial charge in [0, 0.05) is 13.1 Å². The van der Waals surface area contributed by atoms with Crippen molar-refractivity contribution in [2.75, 3.05) is 40.3 Å². The Morgan fingerprint density at radius 3 is 2.86 bits per heavy atom. The number of rotatable bonds is 4. The van der Waals surface area contributed by atoms with Crippen molar-refractivity contribution >= 4 is 5.97 Å². The molecular weight excluding hydrogens is 180 g/mol. The second-order valence-corrected chi connectivity index (χ2v) is 4.40. The molecule has 0 aromatic rings. The molecule has 4 heteroatoms. The number of hydrogen-bond donors (Lipinski definition) is 1. The van der Waals surface area contributed by atoms with Gasteiger partial charge < -0.3 is 10.0 Å². The zero-order chi connectivity index (χ0) is 10.6. The number of likely N-dealkylation sites (tertiary alicyclic amines) is 1. The molecule has 1 saturated heterocycles. The van der Waals surface area contributed by atoms with E-state index < -0.39 is 5.97 Å². The fourth-order valence-electron chi connectivity index (χ4n) is 2.15. The maximum atomic E-state index is 10.5. The van der Waals surface area contributed by atoms with Crippen LogP contribution >= 0.6 is 0 Å². The number of carboxylic acids is 1. The quantitative estimate of drug-likeness (QED) is 0.711. The van der Waals surface area contributed by atoms with Crippen molar-refractivity contribution in [3.63, 3.8) is 0 Å². The van der Waals surface area contributed by atoms with E-state index in [1.54, 1.807) is 0 Å². The molecule has 1 heterocycles. The lowest BCUT2D eigenvalue weighted by atomic mass is 9.98. The summed E-state index contributed by atoms with van der Waals surface area (Å²) < 4.78 is 0. The molecule has 0 spiro atoms. The third-order valence-corrected chi connectivity index (χ3v) is 2.59. The van der Waals surface area contributed by atoms with Gasteiger partial charge in [0.15, 0.2) is 0 Å². The van der Waals surface area contributed by atoms with Gasteiger partial charge in [0.05, 0.1) is 6.54 Å². The standard InChI is InChI=1S/C10H20N2O2/c1-11(2)6-9-4-3-5-12(7-9)8-10(13)14/h9H,3-8H2,1-2H3,(H,13,14)/t9-/m1/s1. The second-order valence-electron chi connectivity index (χ2n) is 4.40. The Balaban J connectivity index is 2.32. The van der Waals surface area contributed by atoms with Crippen LogP contribution in [-0.2, 0) is 4.79 Å². The lowest BCUT2D eigenvalue weighted by molar-refractivity contribution is -0.138. The third kappa shape index (κ3) is 4.07. The molecule has 1 aliphatic heterocycles. The van der Waals surface area contributed by atoms with Crippen LogP contribution in [0.3, 0.4) is 0 Å². The summed E-state index contributed by atoms with van der Waals surface area (Å²) in [5.74, 6) is -0.0754. The minimum atomic E-state index is -0.712. The van der Waals surface area contributed by atoms with Crippen molar-refractivity contribution in [3.05, 3.63) is 0 Å². The maximum Gasteiger partial charge on any atom is 0.317 e. The Morgan fingerprint density at radius 1 is 1.57 bits per heavy atom. The van der Waals surface area contributed by atoms with E-state index in [0.29, 0.717) is 5.92 Å². The highest BCUT2D eigenvalue weighted by Crippen LogP contribution is 2.16. The van der Waals surface area contributed by atoms with Gasteiger partial charge in [-0.15, -0.1) is 0 Å². The molecule has 0 radical (unpaired) electrons. The van der Waals surface area contributed by atoms with Crippen LogP contribution in [0, 0.1) is 5.92 Å². The molecule has 82 valence electrons. The van der Waals surface area contributed by atoms with Crippen molar-refractivity contribution in [3.8, 4) is 0 Å². The highest BCUT2D eigenvalue weighted by atomic mass is 16.4. The van der Waals surface area contributed by atoms with E-state index in [9.17, 15) is 4.79 Å². The van der Waals surface area contributed by atoms with Crippen molar-refractivity contribution in [1.82, 2.24) is 9.80 Å². The first kappa shape index (κ1) is 11.5.